The third-order valence-electron chi connectivity index (χ3n) is 6.76. The predicted octanol–water partition coefficient (Wildman–Crippen LogP) is 2.15. The number of fused-ring (bicyclic) bond motifs is 2. The number of aliphatic hydroxyl groups is 1. The molecule has 1 aliphatic carbocycles. The number of rotatable bonds is 4. The second kappa shape index (κ2) is 8.55. The molecule has 0 radical (unpaired) electrons. The van der Waals surface area contributed by atoms with Crippen molar-refractivity contribution in [3.8, 4) is 0 Å². The van der Waals surface area contributed by atoms with Crippen molar-refractivity contribution in [2.24, 2.45) is 0 Å². The number of nitrogens with zero attached hydrogens (tertiary/aromatic N) is 6. The average Bonchev–Trinajstić information content (AvgIpc) is 3.48. The van der Waals surface area contributed by atoms with Gasteiger partial charge in [0, 0.05) is 45.7 Å². The Bertz CT molecular complexity index is 1180. The van der Waals surface area contributed by atoms with Gasteiger partial charge in [0.25, 0.3) is 0 Å². The molecule has 0 saturated carbocycles. The molecule has 3 N–H and O–H groups in total. The largest absolute Gasteiger partial charge is 0.390 e. The third kappa shape index (κ3) is 3.84. The molecule has 33 heavy (non-hydrogen) atoms. The first-order valence-corrected chi connectivity index (χ1v) is 12.0. The number of halogens is 1. The number of aliphatic hydroxyl groups excluding tert-OH is 1. The molecule has 2 fully saturated rings. The molecule has 172 valence electrons. The van der Waals surface area contributed by atoms with E-state index in [1.165, 1.54) is 0 Å². The van der Waals surface area contributed by atoms with Crippen LogP contribution in [0.5, 0.6) is 0 Å². The molecule has 6 rings (SSSR count). The van der Waals surface area contributed by atoms with E-state index in [0.717, 1.165) is 69.1 Å². The van der Waals surface area contributed by atoms with Gasteiger partial charge in [-0.25, -0.2) is 9.97 Å². The lowest BCUT2D eigenvalue weighted by Crippen LogP contribution is -2.44. The lowest BCUT2D eigenvalue weighted by Gasteiger charge is -2.28. The van der Waals surface area contributed by atoms with Gasteiger partial charge in [-0.3, -0.25) is 0 Å². The molecule has 2 aromatic heterocycles. The van der Waals surface area contributed by atoms with Gasteiger partial charge in [0.15, 0.2) is 28.0 Å². The van der Waals surface area contributed by atoms with Crippen LogP contribution in [0.4, 0.5) is 17.6 Å². The Morgan fingerprint density at radius 3 is 2.58 bits per heavy atom. The Hall–Kier alpha value is -2.75. The van der Waals surface area contributed by atoms with Crippen LogP contribution in [0.3, 0.4) is 0 Å². The Balaban J connectivity index is 1.42. The zero-order chi connectivity index (χ0) is 22.4. The van der Waals surface area contributed by atoms with Crippen molar-refractivity contribution in [3.05, 3.63) is 40.5 Å². The Morgan fingerprint density at radius 1 is 0.970 bits per heavy atom. The van der Waals surface area contributed by atoms with Crippen molar-refractivity contribution in [2.75, 3.05) is 54.4 Å². The van der Waals surface area contributed by atoms with Crippen LogP contribution in [-0.2, 0) is 6.42 Å². The van der Waals surface area contributed by atoms with Crippen LogP contribution in [0.1, 0.15) is 30.0 Å². The van der Waals surface area contributed by atoms with Crippen molar-refractivity contribution in [1.29, 1.82) is 0 Å². The van der Waals surface area contributed by atoms with Gasteiger partial charge in [0.05, 0.1) is 12.1 Å². The molecular formula is C23H27ClN8O. The summed E-state index contributed by atoms with van der Waals surface area (Å²) in [5.74, 6) is 1.92. The van der Waals surface area contributed by atoms with E-state index < -0.39 is 6.10 Å². The van der Waals surface area contributed by atoms with Gasteiger partial charge in [0.1, 0.15) is 0 Å². The second-order valence-corrected chi connectivity index (χ2v) is 9.26. The van der Waals surface area contributed by atoms with Crippen molar-refractivity contribution >= 4 is 40.3 Å². The number of hydrogen-bond donors (Lipinski definition) is 3. The molecule has 3 aromatic rings. The molecule has 2 aliphatic heterocycles. The van der Waals surface area contributed by atoms with Crippen LogP contribution in [0.15, 0.2) is 24.3 Å². The number of nitrogens with one attached hydrogen (secondary N) is 2. The minimum absolute atomic E-state index is 0.262. The molecular weight excluding hydrogens is 440 g/mol. The zero-order valence-corrected chi connectivity index (χ0v) is 19.1. The normalized spacial score (nSPS) is 22.7. The topological polar surface area (TPSA) is 102 Å². The second-order valence-electron chi connectivity index (χ2n) is 8.91. The molecule has 4 heterocycles. The fourth-order valence-electron chi connectivity index (χ4n) is 5.04. The lowest BCUT2D eigenvalue weighted by atomic mass is 10.1. The molecule has 0 spiro atoms. The summed E-state index contributed by atoms with van der Waals surface area (Å²) >= 11 is 6.61. The van der Waals surface area contributed by atoms with Gasteiger partial charge in [-0.1, -0.05) is 35.9 Å². The minimum Gasteiger partial charge on any atom is -0.390 e. The molecule has 0 unspecified atom stereocenters. The van der Waals surface area contributed by atoms with Gasteiger partial charge < -0.3 is 25.5 Å². The quantitative estimate of drug-likeness (QED) is 0.533. The van der Waals surface area contributed by atoms with E-state index in [-0.39, 0.29) is 11.2 Å². The van der Waals surface area contributed by atoms with Crippen LogP contribution in [0, 0.1) is 0 Å². The number of aromatic nitrogens is 4. The van der Waals surface area contributed by atoms with Gasteiger partial charge in [-0.05, 0) is 24.0 Å². The molecule has 2 saturated heterocycles. The molecule has 0 bridgehead atoms. The maximum absolute atomic E-state index is 10.7. The van der Waals surface area contributed by atoms with Crippen molar-refractivity contribution < 1.29 is 5.11 Å². The van der Waals surface area contributed by atoms with Crippen LogP contribution >= 0.6 is 11.6 Å². The van der Waals surface area contributed by atoms with E-state index in [0.29, 0.717) is 29.4 Å². The third-order valence-corrected chi connectivity index (χ3v) is 7.02. The maximum atomic E-state index is 10.7. The highest BCUT2D eigenvalue weighted by Crippen LogP contribution is 2.36. The van der Waals surface area contributed by atoms with Crippen LogP contribution < -0.4 is 20.4 Å². The van der Waals surface area contributed by atoms with Crippen molar-refractivity contribution in [2.45, 2.75) is 31.4 Å². The first kappa shape index (κ1) is 20.8. The summed E-state index contributed by atoms with van der Waals surface area (Å²) in [4.78, 5) is 23.6. The highest BCUT2D eigenvalue weighted by Gasteiger charge is 2.32. The van der Waals surface area contributed by atoms with Crippen LogP contribution in [-0.4, -0.2) is 70.4 Å². The standard InChI is InChI=1S/C23H27ClN8O/c24-19-21(27-17-15-6-2-1-5-14(15)13-16(17)33)28-20-18(26-19)22(31-9-3-4-10-31)30-23(29-20)32-11-7-25-8-12-32/h1-2,5-6,16-17,25,33H,3-4,7-13H2,(H,27,28,29,30)/t16-,17+/m1/s1. The fraction of sp³-hybridized carbons (Fsp3) is 0.478. The molecule has 10 heteroatoms. The van der Waals surface area contributed by atoms with E-state index >= 15 is 0 Å². The Kier molecular flexibility index (Phi) is 5.40. The van der Waals surface area contributed by atoms with Gasteiger partial charge in [-0.2, -0.15) is 9.97 Å². The molecule has 9 nitrogen and oxygen atoms in total. The lowest BCUT2D eigenvalue weighted by molar-refractivity contribution is 0.165. The smallest absolute Gasteiger partial charge is 0.229 e. The van der Waals surface area contributed by atoms with Crippen LogP contribution in [0.25, 0.3) is 11.2 Å². The highest BCUT2D eigenvalue weighted by molar-refractivity contribution is 6.32. The minimum atomic E-state index is -0.557. The molecule has 3 aliphatic rings. The van der Waals surface area contributed by atoms with Crippen molar-refractivity contribution in [3.63, 3.8) is 0 Å². The molecule has 0 amide bonds. The van der Waals surface area contributed by atoms with E-state index in [1.807, 2.05) is 24.3 Å². The van der Waals surface area contributed by atoms with Crippen LogP contribution in [0.2, 0.25) is 5.15 Å². The Morgan fingerprint density at radius 2 is 1.76 bits per heavy atom. The summed E-state index contributed by atoms with van der Waals surface area (Å²) < 4.78 is 0. The first-order valence-electron chi connectivity index (χ1n) is 11.7. The first-order chi connectivity index (χ1) is 16.2. The fourth-order valence-corrected chi connectivity index (χ4v) is 5.23. The molecule has 2 atom stereocenters. The van der Waals surface area contributed by atoms with E-state index in [2.05, 4.69) is 20.4 Å². The highest BCUT2D eigenvalue weighted by atomic mass is 35.5. The SMILES string of the molecule is O[C@@H]1Cc2ccccc2[C@@H]1Nc1nc2nc(N3CCNCC3)nc(N3CCCC3)c2nc1Cl. The number of benzene rings is 1. The summed E-state index contributed by atoms with van der Waals surface area (Å²) in [5.41, 5.74) is 3.34. The monoisotopic (exact) mass is 466 g/mol. The summed E-state index contributed by atoms with van der Waals surface area (Å²) in [6.45, 7) is 5.39. The summed E-state index contributed by atoms with van der Waals surface area (Å²) in [7, 11) is 0. The van der Waals surface area contributed by atoms with E-state index in [4.69, 9.17) is 31.5 Å². The Labute approximate surface area is 197 Å². The maximum Gasteiger partial charge on any atom is 0.229 e. The molecule has 1 aromatic carbocycles. The summed E-state index contributed by atoms with van der Waals surface area (Å²) in [6, 6.07) is 7.75. The van der Waals surface area contributed by atoms with E-state index in [1.54, 1.807) is 0 Å². The van der Waals surface area contributed by atoms with Gasteiger partial charge in [0.2, 0.25) is 5.95 Å². The summed E-state index contributed by atoms with van der Waals surface area (Å²) in [6.07, 6.45) is 2.31. The number of hydrogen-bond acceptors (Lipinski definition) is 9. The average molecular weight is 467 g/mol. The van der Waals surface area contributed by atoms with Crippen molar-refractivity contribution in [1.82, 2.24) is 25.3 Å². The number of piperazine rings is 1. The van der Waals surface area contributed by atoms with Gasteiger partial charge in [-0.15, -0.1) is 0 Å². The zero-order valence-electron chi connectivity index (χ0n) is 18.3. The predicted molar refractivity (Wildman–Crippen MR) is 129 cm³/mol. The summed E-state index contributed by atoms with van der Waals surface area (Å²) in [5, 5.41) is 17.7. The number of anilines is 3. The van der Waals surface area contributed by atoms with E-state index in [9.17, 15) is 5.11 Å². The van der Waals surface area contributed by atoms with Gasteiger partial charge >= 0.3 is 0 Å².